The van der Waals surface area contributed by atoms with Crippen LogP contribution in [0.5, 0.6) is 0 Å². The van der Waals surface area contributed by atoms with Crippen molar-refractivity contribution in [2.45, 2.75) is 19.5 Å². The van der Waals surface area contributed by atoms with Crippen molar-refractivity contribution in [3.63, 3.8) is 0 Å². The molecule has 0 aliphatic carbocycles. The molecule has 0 bridgehead atoms. The second-order valence-corrected chi connectivity index (χ2v) is 5.26. The molecule has 1 heterocycles. The maximum absolute atomic E-state index is 13.1. The van der Waals surface area contributed by atoms with Crippen LogP contribution in [0.2, 0.25) is 0 Å². The zero-order chi connectivity index (χ0) is 13.8. The van der Waals surface area contributed by atoms with Crippen LogP contribution in [0.1, 0.15) is 22.0 Å². The van der Waals surface area contributed by atoms with Crippen LogP contribution in [-0.4, -0.2) is 11.1 Å². The summed E-state index contributed by atoms with van der Waals surface area (Å²) in [4.78, 5) is 12.4. The van der Waals surface area contributed by atoms with Gasteiger partial charge >= 0.3 is 5.97 Å². The maximum atomic E-state index is 13.1. The average Bonchev–Trinajstić information content (AvgIpc) is 2.84. The van der Waals surface area contributed by atoms with E-state index >= 15 is 0 Å². The molecule has 0 aliphatic rings. The lowest BCUT2D eigenvalue weighted by atomic mass is 10.0. The Bertz CT molecular complexity index is 569. The third-order valence-electron chi connectivity index (χ3n) is 2.85. The van der Waals surface area contributed by atoms with E-state index in [0.717, 1.165) is 4.88 Å². The summed E-state index contributed by atoms with van der Waals surface area (Å²) in [7, 11) is 0. The van der Waals surface area contributed by atoms with Crippen LogP contribution in [0.4, 0.5) is 4.39 Å². The molecule has 0 saturated heterocycles. The molecule has 0 aliphatic heterocycles. The van der Waals surface area contributed by atoms with Gasteiger partial charge in [-0.25, -0.2) is 4.39 Å². The van der Waals surface area contributed by atoms with Gasteiger partial charge in [-0.2, -0.15) is 0 Å². The predicted octanol–water partition coefficient (Wildman–Crippen LogP) is 3.11. The summed E-state index contributed by atoms with van der Waals surface area (Å²) in [6.07, 6.45) is 0. The summed E-state index contributed by atoms with van der Waals surface area (Å²) in [5.74, 6) is -1.32. The molecule has 5 heteroatoms. The Hall–Kier alpha value is -1.72. The number of hydrogen-bond acceptors (Lipinski definition) is 3. The van der Waals surface area contributed by atoms with Crippen LogP contribution < -0.4 is 5.32 Å². The molecule has 0 amide bonds. The van der Waals surface area contributed by atoms with Gasteiger partial charge in [0.05, 0.1) is 0 Å². The molecular weight excluding hydrogens is 265 g/mol. The maximum Gasteiger partial charge on any atom is 0.325 e. The number of carboxylic acid groups (broad SMARTS) is 1. The van der Waals surface area contributed by atoms with Crippen LogP contribution in [0.25, 0.3) is 0 Å². The van der Waals surface area contributed by atoms with Gasteiger partial charge in [0, 0.05) is 11.4 Å². The first kappa shape index (κ1) is 13.7. The second kappa shape index (κ2) is 5.95. The van der Waals surface area contributed by atoms with Gasteiger partial charge in [0.1, 0.15) is 11.9 Å². The van der Waals surface area contributed by atoms with Crippen molar-refractivity contribution in [2.75, 3.05) is 0 Å². The van der Waals surface area contributed by atoms with E-state index in [0.29, 0.717) is 17.7 Å². The summed E-state index contributed by atoms with van der Waals surface area (Å²) in [6.45, 7) is 2.19. The highest BCUT2D eigenvalue weighted by Crippen LogP contribution is 2.20. The Kier molecular flexibility index (Phi) is 4.29. The summed E-state index contributed by atoms with van der Waals surface area (Å²) >= 11 is 1.56. The minimum atomic E-state index is -0.966. The number of hydrogen-bond donors (Lipinski definition) is 2. The SMILES string of the molecule is Cc1cc(F)ccc1C(NCc1cccs1)C(=O)O. The van der Waals surface area contributed by atoms with Crippen molar-refractivity contribution in [2.24, 2.45) is 0 Å². The fraction of sp³-hybridized carbons (Fsp3) is 0.214. The highest BCUT2D eigenvalue weighted by atomic mass is 32.1. The minimum absolute atomic E-state index is 0.358. The molecule has 3 nitrogen and oxygen atoms in total. The first-order valence-electron chi connectivity index (χ1n) is 5.82. The topological polar surface area (TPSA) is 49.3 Å². The monoisotopic (exact) mass is 279 g/mol. The molecule has 100 valence electrons. The van der Waals surface area contributed by atoms with E-state index in [4.69, 9.17) is 0 Å². The van der Waals surface area contributed by atoms with Crippen molar-refractivity contribution < 1.29 is 14.3 Å². The summed E-state index contributed by atoms with van der Waals surface area (Å²) in [5, 5.41) is 14.2. The van der Waals surface area contributed by atoms with E-state index in [1.807, 2.05) is 17.5 Å². The van der Waals surface area contributed by atoms with Crippen LogP contribution >= 0.6 is 11.3 Å². The van der Waals surface area contributed by atoms with Gasteiger partial charge in [-0.15, -0.1) is 11.3 Å². The standard InChI is InChI=1S/C14H14FNO2S/c1-9-7-10(15)4-5-12(9)13(14(17)18)16-8-11-3-2-6-19-11/h2-7,13,16H,8H2,1H3,(H,17,18). The fourth-order valence-electron chi connectivity index (χ4n) is 1.91. The molecular formula is C14H14FNO2S. The summed E-state index contributed by atoms with van der Waals surface area (Å²) < 4.78 is 13.1. The molecule has 0 spiro atoms. The molecule has 0 saturated carbocycles. The van der Waals surface area contributed by atoms with Crippen molar-refractivity contribution in [1.29, 1.82) is 0 Å². The van der Waals surface area contributed by atoms with E-state index in [-0.39, 0.29) is 5.82 Å². The summed E-state index contributed by atoms with van der Waals surface area (Å²) in [5.41, 5.74) is 1.22. The lowest BCUT2D eigenvalue weighted by Gasteiger charge is -2.16. The quantitative estimate of drug-likeness (QED) is 0.884. The first-order valence-corrected chi connectivity index (χ1v) is 6.70. The molecule has 1 unspecified atom stereocenters. The first-order chi connectivity index (χ1) is 9.08. The highest BCUT2D eigenvalue weighted by Gasteiger charge is 2.21. The Morgan fingerprint density at radius 1 is 1.47 bits per heavy atom. The zero-order valence-corrected chi connectivity index (χ0v) is 11.2. The third kappa shape index (κ3) is 3.39. The van der Waals surface area contributed by atoms with E-state index in [1.54, 1.807) is 18.3 Å². The molecule has 1 aromatic carbocycles. The minimum Gasteiger partial charge on any atom is -0.480 e. The molecule has 1 atom stereocenters. The fourth-order valence-corrected chi connectivity index (χ4v) is 2.56. The van der Waals surface area contributed by atoms with Gasteiger partial charge in [-0.3, -0.25) is 10.1 Å². The van der Waals surface area contributed by atoms with Crippen LogP contribution in [0, 0.1) is 12.7 Å². The van der Waals surface area contributed by atoms with Gasteiger partial charge in [0.15, 0.2) is 0 Å². The lowest BCUT2D eigenvalue weighted by Crippen LogP contribution is -2.28. The predicted molar refractivity (Wildman–Crippen MR) is 72.7 cm³/mol. The Morgan fingerprint density at radius 2 is 2.26 bits per heavy atom. The number of carboxylic acids is 1. The van der Waals surface area contributed by atoms with Crippen molar-refractivity contribution >= 4 is 17.3 Å². The van der Waals surface area contributed by atoms with Crippen LogP contribution in [0.3, 0.4) is 0 Å². The van der Waals surface area contributed by atoms with Gasteiger partial charge in [-0.1, -0.05) is 12.1 Å². The molecule has 2 aromatic rings. The normalized spacial score (nSPS) is 12.3. The van der Waals surface area contributed by atoms with Crippen molar-refractivity contribution in [1.82, 2.24) is 5.32 Å². The molecule has 2 N–H and O–H groups in total. The van der Waals surface area contributed by atoms with Gasteiger partial charge in [-0.05, 0) is 41.6 Å². The summed E-state index contributed by atoms with van der Waals surface area (Å²) in [6, 6.07) is 7.17. The van der Waals surface area contributed by atoms with Crippen molar-refractivity contribution in [3.05, 3.63) is 57.5 Å². The largest absolute Gasteiger partial charge is 0.480 e. The molecule has 19 heavy (non-hydrogen) atoms. The van der Waals surface area contributed by atoms with Crippen LogP contribution in [0.15, 0.2) is 35.7 Å². The molecule has 0 radical (unpaired) electrons. The van der Waals surface area contributed by atoms with Gasteiger partial charge in [0.25, 0.3) is 0 Å². The number of aliphatic carboxylic acids is 1. The van der Waals surface area contributed by atoms with E-state index in [9.17, 15) is 14.3 Å². The third-order valence-corrected chi connectivity index (χ3v) is 3.73. The lowest BCUT2D eigenvalue weighted by molar-refractivity contribution is -0.139. The number of benzene rings is 1. The Morgan fingerprint density at radius 3 is 2.84 bits per heavy atom. The van der Waals surface area contributed by atoms with Gasteiger partial charge < -0.3 is 5.11 Å². The van der Waals surface area contributed by atoms with E-state index < -0.39 is 12.0 Å². The number of carbonyl (C=O) groups is 1. The Balaban J connectivity index is 2.17. The average molecular weight is 279 g/mol. The number of nitrogens with one attached hydrogen (secondary N) is 1. The number of halogens is 1. The van der Waals surface area contributed by atoms with E-state index in [2.05, 4.69) is 5.32 Å². The number of rotatable bonds is 5. The number of aryl methyl sites for hydroxylation is 1. The zero-order valence-electron chi connectivity index (χ0n) is 10.4. The second-order valence-electron chi connectivity index (χ2n) is 4.23. The van der Waals surface area contributed by atoms with Crippen LogP contribution in [-0.2, 0) is 11.3 Å². The number of thiophene rings is 1. The molecule has 2 rings (SSSR count). The molecule has 0 fully saturated rings. The highest BCUT2D eigenvalue weighted by molar-refractivity contribution is 7.09. The van der Waals surface area contributed by atoms with E-state index in [1.165, 1.54) is 18.2 Å². The smallest absolute Gasteiger partial charge is 0.325 e. The van der Waals surface area contributed by atoms with Crippen molar-refractivity contribution in [3.8, 4) is 0 Å². The molecule has 1 aromatic heterocycles. The van der Waals surface area contributed by atoms with Gasteiger partial charge in [0.2, 0.25) is 0 Å². The Labute approximate surface area is 114 Å².